The first-order valence-corrected chi connectivity index (χ1v) is 6.48. The van der Waals surface area contributed by atoms with Crippen molar-refractivity contribution in [3.05, 3.63) is 68.2 Å². The Hall–Kier alpha value is -2.07. The van der Waals surface area contributed by atoms with Crippen LogP contribution in [0.25, 0.3) is 0 Å². The Kier molecular flexibility index (Phi) is 4.25. The van der Waals surface area contributed by atoms with E-state index < -0.39 is 4.92 Å². The lowest BCUT2D eigenvalue weighted by molar-refractivity contribution is -0.385. The van der Waals surface area contributed by atoms with Crippen molar-refractivity contribution in [3.8, 4) is 5.75 Å². The topological polar surface area (TPSA) is 52.4 Å². The number of hydrogen-bond acceptors (Lipinski definition) is 3. The molecule has 0 unspecified atom stereocenters. The standard InChI is InChI=1S/C15H14ClNO3/c1-10-6-7-15(13(16)8-10)20-9-12-11(2)4-3-5-14(12)17(18)19/h3-8H,9H2,1-2H3. The lowest BCUT2D eigenvalue weighted by Gasteiger charge is -2.10. The zero-order valence-electron chi connectivity index (χ0n) is 11.2. The van der Waals surface area contributed by atoms with Crippen LogP contribution < -0.4 is 4.74 Å². The lowest BCUT2D eigenvalue weighted by Crippen LogP contribution is -2.03. The fraction of sp³-hybridized carbons (Fsp3) is 0.200. The van der Waals surface area contributed by atoms with E-state index in [1.165, 1.54) is 6.07 Å². The average molecular weight is 292 g/mol. The van der Waals surface area contributed by atoms with Gasteiger partial charge in [-0.3, -0.25) is 10.1 Å². The Morgan fingerprint density at radius 2 is 2.00 bits per heavy atom. The maximum atomic E-state index is 11.0. The van der Waals surface area contributed by atoms with Gasteiger partial charge in [0, 0.05) is 6.07 Å². The van der Waals surface area contributed by atoms with Gasteiger partial charge in [0.25, 0.3) is 5.69 Å². The fourth-order valence-corrected chi connectivity index (χ4v) is 2.21. The Morgan fingerprint density at radius 1 is 1.25 bits per heavy atom. The molecule has 2 rings (SSSR count). The number of rotatable bonds is 4. The van der Waals surface area contributed by atoms with Gasteiger partial charge in [0.05, 0.1) is 15.5 Å². The van der Waals surface area contributed by atoms with E-state index in [0.717, 1.165) is 11.1 Å². The molecule has 0 heterocycles. The number of ether oxygens (including phenoxy) is 1. The van der Waals surface area contributed by atoms with Gasteiger partial charge in [0.1, 0.15) is 12.4 Å². The molecule has 0 bridgehead atoms. The molecule has 2 aromatic rings. The van der Waals surface area contributed by atoms with Crippen LogP contribution in [0.1, 0.15) is 16.7 Å². The van der Waals surface area contributed by atoms with Crippen LogP contribution in [-0.2, 0) is 6.61 Å². The Balaban J connectivity index is 2.25. The molecule has 20 heavy (non-hydrogen) atoms. The van der Waals surface area contributed by atoms with E-state index >= 15 is 0 Å². The van der Waals surface area contributed by atoms with Gasteiger partial charge in [0.2, 0.25) is 0 Å². The minimum absolute atomic E-state index is 0.0632. The maximum absolute atomic E-state index is 11.0. The summed E-state index contributed by atoms with van der Waals surface area (Å²) < 4.78 is 5.61. The molecule has 0 aromatic heterocycles. The molecule has 0 saturated carbocycles. The largest absolute Gasteiger partial charge is 0.487 e. The predicted molar refractivity (Wildman–Crippen MR) is 78.4 cm³/mol. The van der Waals surface area contributed by atoms with Gasteiger partial charge in [-0.25, -0.2) is 0 Å². The van der Waals surface area contributed by atoms with E-state index in [0.29, 0.717) is 16.3 Å². The molecule has 0 saturated heterocycles. The van der Waals surface area contributed by atoms with Gasteiger partial charge < -0.3 is 4.74 Å². The highest BCUT2D eigenvalue weighted by Crippen LogP contribution is 2.28. The third-order valence-corrected chi connectivity index (χ3v) is 3.34. The number of nitro benzene ring substituents is 1. The number of aryl methyl sites for hydroxylation is 2. The van der Waals surface area contributed by atoms with Crippen LogP contribution in [0.15, 0.2) is 36.4 Å². The van der Waals surface area contributed by atoms with E-state index in [9.17, 15) is 10.1 Å². The van der Waals surface area contributed by atoms with Crippen LogP contribution in [0.5, 0.6) is 5.75 Å². The number of halogens is 1. The second kappa shape index (κ2) is 5.92. The molecule has 0 aliphatic carbocycles. The highest BCUT2D eigenvalue weighted by Gasteiger charge is 2.16. The third-order valence-electron chi connectivity index (χ3n) is 3.04. The second-order valence-electron chi connectivity index (χ2n) is 4.55. The lowest BCUT2D eigenvalue weighted by atomic mass is 10.1. The average Bonchev–Trinajstić information content (AvgIpc) is 2.38. The minimum atomic E-state index is -0.400. The number of hydrogen-bond donors (Lipinski definition) is 0. The maximum Gasteiger partial charge on any atom is 0.276 e. The van der Waals surface area contributed by atoms with Crippen LogP contribution in [0.3, 0.4) is 0 Å². The van der Waals surface area contributed by atoms with Gasteiger partial charge in [-0.2, -0.15) is 0 Å². The van der Waals surface area contributed by atoms with E-state index in [4.69, 9.17) is 16.3 Å². The minimum Gasteiger partial charge on any atom is -0.487 e. The molecule has 0 atom stereocenters. The molecule has 0 aliphatic rings. The van der Waals surface area contributed by atoms with E-state index in [-0.39, 0.29) is 12.3 Å². The summed E-state index contributed by atoms with van der Waals surface area (Å²) in [5.41, 5.74) is 2.48. The number of nitrogens with zero attached hydrogens (tertiary/aromatic N) is 1. The molecular weight excluding hydrogens is 278 g/mol. The summed E-state index contributed by atoms with van der Waals surface area (Å²) in [5.74, 6) is 0.523. The molecule has 0 aliphatic heterocycles. The van der Waals surface area contributed by atoms with Gasteiger partial charge >= 0.3 is 0 Å². The van der Waals surface area contributed by atoms with E-state index in [1.807, 2.05) is 26.0 Å². The normalized spacial score (nSPS) is 10.3. The predicted octanol–water partition coefficient (Wildman–Crippen LogP) is 4.44. The van der Waals surface area contributed by atoms with E-state index in [1.54, 1.807) is 18.2 Å². The molecule has 0 fully saturated rings. The molecule has 0 radical (unpaired) electrons. The first-order valence-electron chi connectivity index (χ1n) is 6.11. The first-order chi connectivity index (χ1) is 9.49. The summed E-state index contributed by atoms with van der Waals surface area (Å²) in [7, 11) is 0. The molecule has 0 N–H and O–H groups in total. The summed E-state index contributed by atoms with van der Waals surface area (Å²) in [4.78, 5) is 10.6. The summed E-state index contributed by atoms with van der Waals surface area (Å²) >= 11 is 6.08. The highest BCUT2D eigenvalue weighted by atomic mass is 35.5. The van der Waals surface area contributed by atoms with Gasteiger partial charge in [-0.1, -0.05) is 29.8 Å². The molecule has 0 spiro atoms. The number of benzene rings is 2. The monoisotopic (exact) mass is 291 g/mol. The van der Waals surface area contributed by atoms with Gasteiger partial charge in [-0.05, 0) is 37.1 Å². The molecule has 0 amide bonds. The third kappa shape index (κ3) is 3.08. The number of nitro groups is 1. The molecule has 2 aromatic carbocycles. The van der Waals surface area contributed by atoms with Crippen molar-refractivity contribution in [2.45, 2.75) is 20.5 Å². The Labute approximate surface area is 122 Å². The van der Waals surface area contributed by atoms with Crippen molar-refractivity contribution in [1.29, 1.82) is 0 Å². The summed E-state index contributed by atoms with van der Waals surface area (Å²) in [6.45, 7) is 3.87. The van der Waals surface area contributed by atoms with Crippen LogP contribution >= 0.6 is 11.6 Å². The fourth-order valence-electron chi connectivity index (χ4n) is 1.92. The Morgan fingerprint density at radius 3 is 2.65 bits per heavy atom. The van der Waals surface area contributed by atoms with E-state index in [2.05, 4.69) is 0 Å². The molecule has 104 valence electrons. The summed E-state index contributed by atoms with van der Waals surface area (Å²) in [5, 5.41) is 11.5. The van der Waals surface area contributed by atoms with Gasteiger partial charge in [-0.15, -0.1) is 0 Å². The molecule has 4 nitrogen and oxygen atoms in total. The summed E-state index contributed by atoms with van der Waals surface area (Å²) in [6.07, 6.45) is 0. The molecule has 5 heteroatoms. The van der Waals surface area contributed by atoms with Crippen molar-refractivity contribution in [3.63, 3.8) is 0 Å². The second-order valence-corrected chi connectivity index (χ2v) is 4.96. The smallest absolute Gasteiger partial charge is 0.276 e. The molecular formula is C15H14ClNO3. The highest BCUT2D eigenvalue weighted by molar-refractivity contribution is 6.32. The SMILES string of the molecule is Cc1ccc(OCc2c(C)cccc2[N+](=O)[O-])c(Cl)c1. The first kappa shape index (κ1) is 14.3. The van der Waals surface area contributed by atoms with Gasteiger partial charge in [0.15, 0.2) is 0 Å². The quantitative estimate of drug-likeness (QED) is 0.618. The van der Waals surface area contributed by atoms with Crippen molar-refractivity contribution >= 4 is 17.3 Å². The zero-order chi connectivity index (χ0) is 14.7. The van der Waals surface area contributed by atoms with Crippen molar-refractivity contribution in [2.75, 3.05) is 0 Å². The van der Waals surface area contributed by atoms with Crippen molar-refractivity contribution in [1.82, 2.24) is 0 Å². The summed E-state index contributed by atoms with van der Waals surface area (Å²) in [6, 6.07) is 10.4. The van der Waals surface area contributed by atoms with Crippen LogP contribution in [0.4, 0.5) is 5.69 Å². The van der Waals surface area contributed by atoms with Crippen LogP contribution in [0.2, 0.25) is 5.02 Å². The van der Waals surface area contributed by atoms with Crippen LogP contribution in [-0.4, -0.2) is 4.92 Å². The zero-order valence-corrected chi connectivity index (χ0v) is 12.0. The van der Waals surface area contributed by atoms with Crippen molar-refractivity contribution < 1.29 is 9.66 Å². The Bertz CT molecular complexity index is 656. The van der Waals surface area contributed by atoms with Crippen LogP contribution in [0, 0.1) is 24.0 Å². The van der Waals surface area contributed by atoms with Crippen molar-refractivity contribution in [2.24, 2.45) is 0 Å².